The molecular formula is C20H25NO3. The molecule has 0 amide bonds. The van der Waals surface area contributed by atoms with E-state index in [0.717, 1.165) is 18.6 Å². The highest BCUT2D eigenvalue weighted by molar-refractivity contribution is 5.69. The smallest absolute Gasteiger partial charge is 0.317 e. The van der Waals surface area contributed by atoms with Gasteiger partial charge in [0.2, 0.25) is 0 Å². The van der Waals surface area contributed by atoms with Crippen LogP contribution in [0.3, 0.4) is 0 Å². The molecule has 0 spiro atoms. The molecule has 0 heterocycles. The van der Waals surface area contributed by atoms with E-state index in [1.54, 1.807) is 0 Å². The topological polar surface area (TPSA) is 49.8 Å². The van der Waals surface area contributed by atoms with Crippen LogP contribution in [-0.4, -0.2) is 42.2 Å². The van der Waals surface area contributed by atoms with Gasteiger partial charge in [-0.1, -0.05) is 42.5 Å². The lowest BCUT2D eigenvalue weighted by Gasteiger charge is -2.22. The minimum absolute atomic E-state index is 0.0574. The van der Waals surface area contributed by atoms with Crippen molar-refractivity contribution in [3.8, 4) is 5.75 Å². The normalized spacial score (nSPS) is 12.1. The highest BCUT2D eigenvalue weighted by atomic mass is 16.5. The van der Waals surface area contributed by atoms with Gasteiger partial charge in [-0.2, -0.15) is 0 Å². The van der Waals surface area contributed by atoms with Crippen molar-refractivity contribution in [1.82, 2.24) is 4.90 Å². The number of nitrogens with zero attached hydrogens (tertiary/aromatic N) is 1. The Hall–Kier alpha value is -2.33. The summed E-state index contributed by atoms with van der Waals surface area (Å²) < 4.78 is 5.78. The Morgan fingerprint density at radius 1 is 1.08 bits per heavy atom. The van der Waals surface area contributed by atoms with E-state index in [0.29, 0.717) is 6.61 Å². The summed E-state index contributed by atoms with van der Waals surface area (Å²) in [6, 6.07) is 18.5. The number of benzene rings is 2. The molecule has 24 heavy (non-hydrogen) atoms. The summed E-state index contributed by atoms with van der Waals surface area (Å²) in [5.41, 5.74) is 2.44. The van der Waals surface area contributed by atoms with E-state index in [-0.39, 0.29) is 12.6 Å². The van der Waals surface area contributed by atoms with Crippen molar-refractivity contribution < 1.29 is 14.6 Å². The van der Waals surface area contributed by atoms with Crippen LogP contribution in [-0.2, 0) is 17.6 Å². The average molecular weight is 327 g/mol. The third-order valence-electron chi connectivity index (χ3n) is 4.09. The first-order valence-electron chi connectivity index (χ1n) is 8.22. The quantitative estimate of drug-likeness (QED) is 0.768. The lowest BCUT2D eigenvalue weighted by molar-refractivity contribution is -0.138. The summed E-state index contributed by atoms with van der Waals surface area (Å²) in [5, 5.41) is 8.84. The van der Waals surface area contributed by atoms with Crippen LogP contribution < -0.4 is 4.74 Å². The first-order valence-corrected chi connectivity index (χ1v) is 8.22. The van der Waals surface area contributed by atoms with Gasteiger partial charge in [0.05, 0.1) is 13.2 Å². The average Bonchev–Trinajstić information content (AvgIpc) is 2.57. The Morgan fingerprint density at radius 3 is 2.38 bits per heavy atom. The van der Waals surface area contributed by atoms with Gasteiger partial charge in [-0.15, -0.1) is 0 Å². The van der Waals surface area contributed by atoms with Crippen molar-refractivity contribution in [2.75, 3.05) is 20.2 Å². The number of carboxylic acids is 1. The lowest BCUT2D eigenvalue weighted by Crippen LogP contribution is -2.35. The molecule has 128 valence electrons. The molecule has 0 aliphatic carbocycles. The number of likely N-dealkylation sites (N-methyl/N-ethyl adjacent to an activating group) is 1. The zero-order chi connectivity index (χ0) is 17.4. The second-order valence-corrected chi connectivity index (χ2v) is 6.09. The van der Waals surface area contributed by atoms with Crippen molar-refractivity contribution in [1.29, 1.82) is 0 Å². The highest BCUT2D eigenvalue weighted by Crippen LogP contribution is 2.15. The van der Waals surface area contributed by atoms with E-state index >= 15 is 0 Å². The molecule has 1 N–H and O–H groups in total. The van der Waals surface area contributed by atoms with Gasteiger partial charge in [-0.3, -0.25) is 9.69 Å². The first kappa shape index (κ1) is 18.0. The number of hydrogen-bond donors (Lipinski definition) is 1. The second kappa shape index (κ2) is 9.08. The van der Waals surface area contributed by atoms with E-state index in [2.05, 4.69) is 12.1 Å². The zero-order valence-electron chi connectivity index (χ0n) is 14.3. The number of carboxylic acid groups (broad SMARTS) is 1. The minimum Gasteiger partial charge on any atom is -0.493 e. The Labute approximate surface area is 143 Å². The van der Waals surface area contributed by atoms with Gasteiger partial charge in [0.25, 0.3) is 0 Å². The summed E-state index contributed by atoms with van der Waals surface area (Å²) >= 11 is 0. The Kier molecular flexibility index (Phi) is 6.82. The number of aliphatic carboxylic acids is 1. The zero-order valence-corrected chi connectivity index (χ0v) is 14.3. The van der Waals surface area contributed by atoms with Crippen LogP contribution in [0.2, 0.25) is 0 Å². The maximum Gasteiger partial charge on any atom is 0.317 e. The van der Waals surface area contributed by atoms with Crippen LogP contribution in [0.1, 0.15) is 18.1 Å². The SMILES string of the molecule is C[C@H](Cc1ccc(OCCc2ccccc2)cc1)N(C)CC(=O)O. The first-order chi connectivity index (χ1) is 11.5. The van der Waals surface area contributed by atoms with E-state index in [4.69, 9.17) is 9.84 Å². The highest BCUT2D eigenvalue weighted by Gasteiger charge is 2.12. The summed E-state index contributed by atoms with van der Waals surface area (Å²) in [5.74, 6) is 0.0627. The summed E-state index contributed by atoms with van der Waals surface area (Å²) in [6.07, 6.45) is 1.70. The van der Waals surface area contributed by atoms with Crippen LogP contribution in [0.4, 0.5) is 0 Å². The van der Waals surface area contributed by atoms with Gasteiger partial charge in [-0.05, 0) is 43.7 Å². The van der Waals surface area contributed by atoms with Crippen molar-refractivity contribution in [2.45, 2.75) is 25.8 Å². The van der Waals surface area contributed by atoms with E-state index in [1.165, 1.54) is 11.1 Å². The molecule has 0 saturated carbocycles. The van der Waals surface area contributed by atoms with E-state index < -0.39 is 5.97 Å². The third-order valence-corrected chi connectivity index (χ3v) is 4.09. The molecule has 2 aromatic rings. The van der Waals surface area contributed by atoms with Gasteiger partial charge in [0.15, 0.2) is 0 Å². The monoisotopic (exact) mass is 327 g/mol. The molecule has 2 aromatic carbocycles. The fourth-order valence-corrected chi connectivity index (χ4v) is 2.52. The second-order valence-electron chi connectivity index (χ2n) is 6.09. The number of ether oxygens (including phenoxy) is 1. The molecular weight excluding hydrogens is 302 g/mol. The molecule has 0 fully saturated rings. The molecule has 0 aromatic heterocycles. The molecule has 0 bridgehead atoms. The van der Waals surface area contributed by atoms with Gasteiger partial charge < -0.3 is 9.84 Å². The summed E-state index contributed by atoms with van der Waals surface area (Å²) in [7, 11) is 1.83. The molecule has 0 aliphatic rings. The van der Waals surface area contributed by atoms with Crippen LogP contribution in [0.15, 0.2) is 54.6 Å². The van der Waals surface area contributed by atoms with Crippen molar-refractivity contribution in [3.05, 3.63) is 65.7 Å². The molecule has 2 rings (SSSR count). The van der Waals surface area contributed by atoms with Crippen LogP contribution in [0.25, 0.3) is 0 Å². The lowest BCUT2D eigenvalue weighted by atomic mass is 10.1. The molecule has 4 heteroatoms. The molecule has 0 unspecified atom stereocenters. The summed E-state index contributed by atoms with van der Waals surface area (Å²) in [4.78, 5) is 12.6. The number of carbonyl (C=O) groups is 1. The van der Waals surface area contributed by atoms with Crippen molar-refractivity contribution in [3.63, 3.8) is 0 Å². The summed E-state index contributed by atoms with van der Waals surface area (Å²) in [6.45, 7) is 2.75. The van der Waals surface area contributed by atoms with E-state index in [1.807, 2.05) is 61.3 Å². The van der Waals surface area contributed by atoms with Gasteiger partial charge in [0, 0.05) is 12.5 Å². The van der Waals surface area contributed by atoms with Crippen molar-refractivity contribution in [2.24, 2.45) is 0 Å². The fourth-order valence-electron chi connectivity index (χ4n) is 2.52. The molecule has 0 radical (unpaired) electrons. The van der Waals surface area contributed by atoms with Crippen LogP contribution in [0.5, 0.6) is 5.75 Å². The van der Waals surface area contributed by atoms with Gasteiger partial charge >= 0.3 is 5.97 Å². The maximum absolute atomic E-state index is 10.8. The largest absolute Gasteiger partial charge is 0.493 e. The number of rotatable bonds is 9. The Bertz CT molecular complexity index is 625. The van der Waals surface area contributed by atoms with Gasteiger partial charge in [-0.25, -0.2) is 0 Å². The minimum atomic E-state index is -0.800. The fraction of sp³-hybridized carbons (Fsp3) is 0.350. The predicted molar refractivity (Wildman–Crippen MR) is 95.5 cm³/mol. The molecule has 1 atom stereocenters. The Morgan fingerprint density at radius 2 is 1.75 bits per heavy atom. The molecule has 0 aliphatic heterocycles. The number of hydrogen-bond acceptors (Lipinski definition) is 3. The molecule has 4 nitrogen and oxygen atoms in total. The Balaban J connectivity index is 1.79. The van der Waals surface area contributed by atoms with Crippen LogP contribution in [0, 0.1) is 0 Å². The van der Waals surface area contributed by atoms with E-state index in [9.17, 15) is 4.79 Å². The standard InChI is InChI=1S/C20H25NO3/c1-16(21(2)15-20(22)23)14-18-8-10-19(11-9-18)24-13-12-17-6-4-3-5-7-17/h3-11,16H,12-15H2,1-2H3,(H,22,23)/t16-/m1/s1. The van der Waals surface area contributed by atoms with Crippen LogP contribution >= 0.6 is 0 Å². The van der Waals surface area contributed by atoms with Gasteiger partial charge in [0.1, 0.15) is 5.75 Å². The predicted octanol–water partition coefficient (Wildman–Crippen LogP) is 3.26. The maximum atomic E-state index is 10.8. The van der Waals surface area contributed by atoms with Crippen molar-refractivity contribution >= 4 is 5.97 Å². The molecule has 0 saturated heterocycles. The third kappa shape index (κ3) is 6.05.